The number of aliphatic imine (C=N–C) groups is 1. The van der Waals surface area contributed by atoms with Crippen LogP contribution in [0.25, 0.3) is 5.69 Å². The number of guanidine groups is 1. The van der Waals surface area contributed by atoms with Gasteiger partial charge in [0.1, 0.15) is 5.01 Å². The topological polar surface area (TPSA) is 67.1 Å². The van der Waals surface area contributed by atoms with Crippen LogP contribution in [0.1, 0.15) is 22.4 Å². The number of hydrogen-bond donors (Lipinski definition) is 2. The lowest BCUT2D eigenvalue weighted by molar-refractivity contribution is 0.791. The molecule has 0 amide bonds. The van der Waals surface area contributed by atoms with E-state index in [2.05, 4.69) is 38.8 Å². The maximum Gasteiger partial charge on any atom is 0.191 e. The van der Waals surface area contributed by atoms with Gasteiger partial charge in [-0.1, -0.05) is 25.1 Å². The van der Waals surface area contributed by atoms with Crippen molar-refractivity contribution in [2.45, 2.75) is 26.3 Å². The molecule has 0 aliphatic rings. The molecular weight excluding hydrogens is 471 g/mol. The van der Waals surface area contributed by atoms with Crippen LogP contribution in [0.2, 0.25) is 0 Å². The molecule has 3 rings (SSSR count). The molecule has 3 aromatic rings. The largest absolute Gasteiger partial charge is 0.356 e. The van der Waals surface area contributed by atoms with Crippen molar-refractivity contribution in [1.82, 2.24) is 25.4 Å². The van der Waals surface area contributed by atoms with Crippen molar-refractivity contribution < 1.29 is 0 Å². The second-order valence-corrected chi connectivity index (χ2v) is 7.00. The number of para-hydroxylation sites is 1. The smallest absolute Gasteiger partial charge is 0.191 e. The van der Waals surface area contributed by atoms with Gasteiger partial charge in [-0.2, -0.15) is 5.10 Å². The van der Waals surface area contributed by atoms with Crippen molar-refractivity contribution >= 4 is 41.3 Å². The summed E-state index contributed by atoms with van der Waals surface area (Å²) in [6.07, 6.45) is 7.83. The van der Waals surface area contributed by atoms with Crippen LogP contribution in [0.4, 0.5) is 0 Å². The number of benzene rings is 1. The average Bonchev–Trinajstić information content (AvgIpc) is 3.34. The molecule has 0 radical (unpaired) electrons. The zero-order valence-electron chi connectivity index (χ0n) is 15.6. The first-order valence-corrected chi connectivity index (χ1v) is 9.57. The van der Waals surface area contributed by atoms with Crippen LogP contribution in [0.5, 0.6) is 0 Å². The third-order valence-electron chi connectivity index (χ3n) is 3.94. The van der Waals surface area contributed by atoms with E-state index in [1.165, 1.54) is 10.4 Å². The van der Waals surface area contributed by atoms with Crippen LogP contribution < -0.4 is 10.6 Å². The number of aryl methyl sites for hydroxylation is 1. The van der Waals surface area contributed by atoms with Crippen LogP contribution in [-0.2, 0) is 19.4 Å². The number of hydrogen-bond acceptors (Lipinski definition) is 4. The maximum absolute atomic E-state index is 4.43. The molecule has 27 heavy (non-hydrogen) atoms. The lowest BCUT2D eigenvalue weighted by atomic mass is 10.2. The van der Waals surface area contributed by atoms with Crippen molar-refractivity contribution in [3.05, 3.63) is 64.4 Å². The van der Waals surface area contributed by atoms with E-state index in [9.17, 15) is 0 Å². The van der Waals surface area contributed by atoms with Gasteiger partial charge in [-0.25, -0.2) is 9.67 Å². The summed E-state index contributed by atoms with van der Waals surface area (Å²) in [5, 5.41) is 12.1. The molecule has 6 nitrogen and oxygen atoms in total. The minimum Gasteiger partial charge on any atom is -0.356 e. The molecule has 2 aromatic heterocycles. The summed E-state index contributed by atoms with van der Waals surface area (Å²) in [5.74, 6) is 0.786. The summed E-state index contributed by atoms with van der Waals surface area (Å²) < 4.78 is 1.90. The van der Waals surface area contributed by atoms with Crippen molar-refractivity contribution in [3.63, 3.8) is 0 Å². The van der Waals surface area contributed by atoms with Gasteiger partial charge < -0.3 is 10.6 Å². The number of rotatable bonds is 7. The molecule has 0 bridgehead atoms. The Kier molecular flexibility index (Phi) is 8.73. The summed E-state index contributed by atoms with van der Waals surface area (Å²) in [6.45, 7) is 3.62. The first-order valence-electron chi connectivity index (χ1n) is 8.75. The third-order valence-corrected chi connectivity index (χ3v) is 5.09. The van der Waals surface area contributed by atoms with E-state index < -0.39 is 0 Å². The molecule has 1 aromatic carbocycles. The molecule has 0 atom stereocenters. The third kappa shape index (κ3) is 6.31. The van der Waals surface area contributed by atoms with Crippen molar-refractivity contribution in [3.8, 4) is 5.69 Å². The van der Waals surface area contributed by atoms with Gasteiger partial charge in [0, 0.05) is 30.9 Å². The molecule has 0 unspecified atom stereocenters. The van der Waals surface area contributed by atoms with Gasteiger partial charge in [-0.15, -0.1) is 35.3 Å². The van der Waals surface area contributed by atoms with Gasteiger partial charge in [0.15, 0.2) is 5.96 Å². The fourth-order valence-corrected chi connectivity index (χ4v) is 3.31. The van der Waals surface area contributed by atoms with Gasteiger partial charge in [0.2, 0.25) is 0 Å². The Balaban J connectivity index is 0.00000261. The second-order valence-electron chi connectivity index (χ2n) is 5.81. The highest BCUT2D eigenvalue weighted by Gasteiger charge is 2.04. The first-order chi connectivity index (χ1) is 12.8. The quantitative estimate of drug-likeness (QED) is 0.299. The highest BCUT2D eigenvalue weighted by Crippen LogP contribution is 2.12. The predicted octanol–water partition coefficient (Wildman–Crippen LogP) is 3.42. The molecule has 8 heteroatoms. The maximum atomic E-state index is 4.43. The number of halogens is 1. The van der Waals surface area contributed by atoms with E-state index in [1.807, 2.05) is 47.4 Å². The fourth-order valence-electron chi connectivity index (χ4n) is 2.51. The molecule has 0 aliphatic carbocycles. The minimum absolute atomic E-state index is 0. The first kappa shape index (κ1) is 21.4. The number of nitrogens with zero attached hydrogens (tertiary/aromatic N) is 4. The molecule has 2 N–H and O–H groups in total. The lowest BCUT2D eigenvalue weighted by Gasteiger charge is -2.10. The van der Waals surface area contributed by atoms with Crippen LogP contribution in [0.15, 0.2) is 53.9 Å². The van der Waals surface area contributed by atoms with E-state index >= 15 is 0 Å². The van der Waals surface area contributed by atoms with Crippen LogP contribution in [-0.4, -0.2) is 34.3 Å². The van der Waals surface area contributed by atoms with Gasteiger partial charge in [-0.05, 0) is 30.5 Å². The average molecular weight is 496 g/mol. The Hall–Kier alpha value is -1.94. The molecular formula is C19H25IN6S. The molecule has 0 aliphatic heterocycles. The Morgan fingerprint density at radius 1 is 1.19 bits per heavy atom. The molecule has 144 valence electrons. The summed E-state index contributed by atoms with van der Waals surface area (Å²) >= 11 is 1.74. The van der Waals surface area contributed by atoms with E-state index in [0.29, 0.717) is 6.54 Å². The van der Waals surface area contributed by atoms with Crippen LogP contribution in [0.3, 0.4) is 0 Å². The summed E-state index contributed by atoms with van der Waals surface area (Å²) in [7, 11) is 1.78. The molecule has 0 saturated heterocycles. The van der Waals surface area contributed by atoms with E-state index in [4.69, 9.17) is 0 Å². The van der Waals surface area contributed by atoms with E-state index in [0.717, 1.165) is 36.0 Å². The van der Waals surface area contributed by atoms with Gasteiger partial charge in [0.05, 0.1) is 18.4 Å². The zero-order chi connectivity index (χ0) is 18.2. The van der Waals surface area contributed by atoms with E-state index in [1.54, 1.807) is 18.4 Å². The predicted molar refractivity (Wildman–Crippen MR) is 122 cm³/mol. The Morgan fingerprint density at radius 3 is 2.70 bits per heavy atom. The normalized spacial score (nSPS) is 11.1. The Morgan fingerprint density at radius 2 is 2.00 bits per heavy atom. The zero-order valence-corrected chi connectivity index (χ0v) is 18.7. The molecule has 0 fully saturated rings. The lowest BCUT2D eigenvalue weighted by Crippen LogP contribution is -2.37. The fraction of sp³-hybridized carbons (Fsp3) is 0.316. The van der Waals surface area contributed by atoms with E-state index in [-0.39, 0.29) is 24.0 Å². The van der Waals surface area contributed by atoms with Crippen molar-refractivity contribution in [2.24, 2.45) is 4.99 Å². The van der Waals surface area contributed by atoms with Gasteiger partial charge >= 0.3 is 0 Å². The number of nitrogens with one attached hydrogen (secondary N) is 2. The van der Waals surface area contributed by atoms with Crippen molar-refractivity contribution in [2.75, 3.05) is 13.6 Å². The molecule has 0 saturated carbocycles. The Bertz CT molecular complexity index is 843. The number of aromatic nitrogens is 3. The Labute approximate surface area is 181 Å². The monoisotopic (exact) mass is 496 g/mol. The molecule has 2 heterocycles. The second kappa shape index (κ2) is 11.0. The van der Waals surface area contributed by atoms with Crippen molar-refractivity contribution in [1.29, 1.82) is 0 Å². The summed E-state index contributed by atoms with van der Waals surface area (Å²) in [6, 6.07) is 10.1. The highest BCUT2D eigenvalue weighted by molar-refractivity contribution is 14.0. The minimum atomic E-state index is 0. The summed E-state index contributed by atoms with van der Waals surface area (Å²) in [4.78, 5) is 9.99. The molecule has 0 spiro atoms. The SMILES string of the molecule is CCc1cnc(CNC(=NC)NCCc2cnn(-c3ccccc3)c2)s1.I. The highest BCUT2D eigenvalue weighted by atomic mass is 127. The summed E-state index contributed by atoms with van der Waals surface area (Å²) in [5.41, 5.74) is 2.25. The standard InChI is InChI=1S/C19H24N6S.HI/c1-3-17-12-22-18(26-17)13-23-19(20-2)21-10-9-15-11-24-25(14-15)16-7-5-4-6-8-16;/h4-8,11-12,14H,3,9-10,13H2,1-2H3,(H2,20,21,23);1H. The number of thiazole rings is 1. The van der Waals surface area contributed by atoms with Crippen LogP contribution >= 0.6 is 35.3 Å². The van der Waals surface area contributed by atoms with Gasteiger partial charge in [-0.3, -0.25) is 4.99 Å². The van der Waals surface area contributed by atoms with Gasteiger partial charge in [0.25, 0.3) is 0 Å². The van der Waals surface area contributed by atoms with Crippen LogP contribution in [0, 0.1) is 0 Å².